The Morgan fingerprint density at radius 2 is 2.05 bits per heavy atom. The molecule has 114 valence electrons. The molecule has 2 aliphatic rings. The van der Waals surface area contributed by atoms with Crippen LogP contribution in [0.3, 0.4) is 0 Å². The summed E-state index contributed by atoms with van der Waals surface area (Å²) >= 11 is 0. The van der Waals surface area contributed by atoms with Crippen LogP contribution in [0.1, 0.15) is 43.2 Å². The number of likely N-dealkylation sites (tertiary alicyclic amines) is 2. The van der Waals surface area contributed by atoms with Gasteiger partial charge in [0, 0.05) is 25.0 Å². The summed E-state index contributed by atoms with van der Waals surface area (Å²) in [5.74, 6) is 0.348. The molecule has 0 saturated carbocycles. The Morgan fingerprint density at radius 1 is 1.19 bits per heavy atom. The topological polar surface area (TPSA) is 23.6 Å². The van der Waals surface area contributed by atoms with Crippen molar-refractivity contribution in [2.45, 2.75) is 51.1 Å². The first-order valence-corrected chi connectivity index (χ1v) is 8.14. The molecule has 21 heavy (non-hydrogen) atoms. The van der Waals surface area contributed by atoms with Crippen molar-refractivity contribution < 1.29 is 4.79 Å². The SMILES string of the molecule is Cc1cccc(CN2C(=O)CCC23CCCN(C)CC3)c1. The second-order valence-electron chi connectivity index (χ2n) is 6.85. The second-order valence-corrected chi connectivity index (χ2v) is 6.85. The average molecular weight is 286 g/mol. The summed E-state index contributed by atoms with van der Waals surface area (Å²) in [6.45, 7) is 5.17. The van der Waals surface area contributed by atoms with Crippen LogP contribution in [0.4, 0.5) is 0 Å². The number of aryl methyl sites for hydroxylation is 1. The van der Waals surface area contributed by atoms with E-state index in [0.29, 0.717) is 5.91 Å². The van der Waals surface area contributed by atoms with Crippen LogP contribution in [0.5, 0.6) is 0 Å². The summed E-state index contributed by atoms with van der Waals surface area (Å²) in [7, 11) is 2.20. The third-order valence-corrected chi connectivity index (χ3v) is 5.24. The molecule has 0 radical (unpaired) electrons. The Hall–Kier alpha value is -1.35. The van der Waals surface area contributed by atoms with Crippen molar-refractivity contribution in [2.24, 2.45) is 0 Å². The Morgan fingerprint density at radius 3 is 2.86 bits per heavy atom. The second kappa shape index (κ2) is 5.80. The van der Waals surface area contributed by atoms with Crippen LogP contribution in [0.2, 0.25) is 0 Å². The fourth-order valence-electron chi connectivity index (χ4n) is 3.96. The number of nitrogens with zero attached hydrogens (tertiary/aromatic N) is 2. The van der Waals surface area contributed by atoms with Crippen LogP contribution < -0.4 is 0 Å². The van der Waals surface area contributed by atoms with Gasteiger partial charge in [0.05, 0.1) is 0 Å². The predicted octanol–water partition coefficient (Wildman–Crippen LogP) is 2.97. The first kappa shape index (κ1) is 14.6. The van der Waals surface area contributed by atoms with E-state index >= 15 is 0 Å². The molecule has 2 aliphatic heterocycles. The maximum Gasteiger partial charge on any atom is 0.223 e. The lowest BCUT2D eigenvalue weighted by atomic mass is 9.87. The van der Waals surface area contributed by atoms with Crippen LogP contribution in [-0.4, -0.2) is 41.4 Å². The van der Waals surface area contributed by atoms with Crippen molar-refractivity contribution in [3.63, 3.8) is 0 Å². The van der Waals surface area contributed by atoms with E-state index in [0.717, 1.165) is 45.3 Å². The highest BCUT2D eigenvalue weighted by atomic mass is 16.2. The number of hydrogen-bond acceptors (Lipinski definition) is 2. The predicted molar refractivity (Wildman–Crippen MR) is 85.0 cm³/mol. The molecule has 2 fully saturated rings. The summed E-state index contributed by atoms with van der Waals surface area (Å²) in [5.41, 5.74) is 2.65. The molecule has 1 spiro atoms. The summed E-state index contributed by atoms with van der Waals surface area (Å²) in [6, 6.07) is 8.57. The fraction of sp³-hybridized carbons (Fsp3) is 0.611. The van der Waals surface area contributed by atoms with Gasteiger partial charge in [0.25, 0.3) is 0 Å². The highest BCUT2D eigenvalue weighted by Crippen LogP contribution is 2.39. The standard InChI is InChI=1S/C18H26N2O/c1-15-5-3-6-16(13-15)14-20-17(21)7-9-18(20)8-4-11-19(2)12-10-18/h3,5-6,13H,4,7-12,14H2,1-2H3. The van der Waals surface area contributed by atoms with Gasteiger partial charge in [-0.15, -0.1) is 0 Å². The molecule has 0 N–H and O–H groups in total. The van der Waals surface area contributed by atoms with Crippen LogP contribution in [0.25, 0.3) is 0 Å². The highest BCUT2D eigenvalue weighted by Gasteiger charge is 2.45. The monoisotopic (exact) mass is 286 g/mol. The molecule has 2 heterocycles. The zero-order valence-corrected chi connectivity index (χ0v) is 13.3. The lowest BCUT2D eigenvalue weighted by Gasteiger charge is -2.38. The van der Waals surface area contributed by atoms with Gasteiger partial charge in [-0.3, -0.25) is 4.79 Å². The first-order chi connectivity index (χ1) is 10.1. The minimum absolute atomic E-state index is 0.117. The Labute approximate surface area is 127 Å². The van der Waals surface area contributed by atoms with Gasteiger partial charge in [-0.1, -0.05) is 29.8 Å². The molecule has 0 aromatic heterocycles. The molecule has 2 saturated heterocycles. The Bertz CT molecular complexity index is 528. The summed E-state index contributed by atoms with van der Waals surface area (Å²) in [4.78, 5) is 17.0. The molecule has 0 bridgehead atoms. The van der Waals surface area contributed by atoms with E-state index in [1.54, 1.807) is 0 Å². The number of carbonyl (C=O) groups excluding carboxylic acids is 1. The summed E-state index contributed by atoms with van der Waals surface area (Å²) in [6.07, 6.45) is 5.27. The molecule has 0 aliphatic carbocycles. The lowest BCUT2D eigenvalue weighted by molar-refractivity contribution is -0.132. The van der Waals surface area contributed by atoms with E-state index in [-0.39, 0.29) is 5.54 Å². The lowest BCUT2D eigenvalue weighted by Crippen LogP contribution is -2.45. The molecule has 1 aromatic carbocycles. The van der Waals surface area contributed by atoms with E-state index in [2.05, 4.69) is 48.0 Å². The van der Waals surface area contributed by atoms with Gasteiger partial charge < -0.3 is 9.80 Å². The van der Waals surface area contributed by atoms with Crippen molar-refractivity contribution in [1.82, 2.24) is 9.80 Å². The van der Waals surface area contributed by atoms with Gasteiger partial charge in [0.15, 0.2) is 0 Å². The van der Waals surface area contributed by atoms with Crippen molar-refractivity contribution in [1.29, 1.82) is 0 Å². The Balaban J connectivity index is 1.82. The molecule has 1 unspecified atom stereocenters. The average Bonchev–Trinajstić information content (AvgIpc) is 2.64. The zero-order chi connectivity index (χ0) is 14.9. The van der Waals surface area contributed by atoms with Crippen molar-refractivity contribution in [2.75, 3.05) is 20.1 Å². The largest absolute Gasteiger partial charge is 0.333 e. The van der Waals surface area contributed by atoms with Gasteiger partial charge in [0.2, 0.25) is 5.91 Å². The van der Waals surface area contributed by atoms with Crippen molar-refractivity contribution in [3.05, 3.63) is 35.4 Å². The number of hydrogen-bond donors (Lipinski definition) is 0. The van der Waals surface area contributed by atoms with Crippen molar-refractivity contribution in [3.8, 4) is 0 Å². The van der Waals surface area contributed by atoms with Crippen LogP contribution in [-0.2, 0) is 11.3 Å². The molecule has 1 amide bonds. The third-order valence-electron chi connectivity index (χ3n) is 5.24. The molecule has 1 atom stereocenters. The first-order valence-electron chi connectivity index (χ1n) is 8.14. The molecular weight excluding hydrogens is 260 g/mol. The minimum Gasteiger partial charge on any atom is -0.333 e. The molecule has 1 aromatic rings. The maximum atomic E-state index is 12.4. The number of carbonyl (C=O) groups is 1. The zero-order valence-electron chi connectivity index (χ0n) is 13.3. The summed E-state index contributed by atoms with van der Waals surface area (Å²) < 4.78 is 0. The smallest absolute Gasteiger partial charge is 0.223 e. The Kier molecular flexibility index (Phi) is 4.03. The van der Waals surface area contributed by atoms with Crippen LogP contribution in [0, 0.1) is 6.92 Å². The molecular formula is C18H26N2O. The number of benzene rings is 1. The highest BCUT2D eigenvalue weighted by molar-refractivity contribution is 5.79. The van der Waals surface area contributed by atoms with Gasteiger partial charge in [-0.2, -0.15) is 0 Å². The normalized spacial score (nSPS) is 27.3. The van der Waals surface area contributed by atoms with E-state index in [4.69, 9.17) is 0 Å². The summed E-state index contributed by atoms with van der Waals surface area (Å²) in [5, 5.41) is 0. The molecule has 3 nitrogen and oxygen atoms in total. The van der Waals surface area contributed by atoms with Gasteiger partial charge in [-0.05, 0) is 51.8 Å². The van der Waals surface area contributed by atoms with Crippen LogP contribution in [0.15, 0.2) is 24.3 Å². The van der Waals surface area contributed by atoms with Gasteiger partial charge in [-0.25, -0.2) is 0 Å². The van der Waals surface area contributed by atoms with E-state index in [9.17, 15) is 4.79 Å². The van der Waals surface area contributed by atoms with Gasteiger partial charge >= 0.3 is 0 Å². The maximum absolute atomic E-state index is 12.4. The van der Waals surface area contributed by atoms with Crippen molar-refractivity contribution >= 4 is 5.91 Å². The van der Waals surface area contributed by atoms with E-state index < -0.39 is 0 Å². The van der Waals surface area contributed by atoms with Gasteiger partial charge in [0.1, 0.15) is 0 Å². The third kappa shape index (κ3) is 2.98. The number of rotatable bonds is 2. The number of amides is 1. The van der Waals surface area contributed by atoms with Crippen LogP contribution >= 0.6 is 0 Å². The fourth-order valence-corrected chi connectivity index (χ4v) is 3.96. The quantitative estimate of drug-likeness (QED) is 0.834. The minimum atomic E-state index is 0.117. The van der Waals surface area contributed by atoms with E-state index in [1.807, 2.05) is 0 Å². The van der Waals surface area contributed by atoms with E-state index in [1.165, 1.54) is 17.5 Å². The molecule has 3 heteroatoms. The molecule has 3 rings (SSSR count).